The second kappa shape index (κ2) is 4.72. The van der Waals surface area contributed by atoms with Gasteiger partial charge in [0.1, 0.15) is 6.10 Å². The Morgan fingerprint density at radius 2 is 2.20 bits per heavy atom. The molecule has 2 N–H and O–H groups in total. The van der Waals surface area contributed by atoms with Gasteiger partial charge in [0.25, 0.3) is 0 Å². The van der Waals surface area contributed by atoms with Crippen molar-refractivity contribution in [2.24, 2.45) is 5.73 Å². The van der Waals surface area contributed by atoms with Crippen LogP contribution in [0.5, 0.6) is 0 Å². The maximum Gasteiger partial charge on any atom is 0.233 e. The monoisotopic (exact) mass is 213 g/mol. The molecule has 0 aromatic carbocycles. The van der Waals surface area contributed by atoms with Gasteiger partial charge in [-0.25, -0.2) is 0 Å². The minimum Gasteiger partial charge on any atom is -0.373 e. The normalized spacial score (nSPS) is 14.2. The van der Waals surface area contributed by atoms with Gasteiger partial charge in [-0.05, 0) is 20.3 Å². The van der Waals surface area contributed by atoms with Gasteiger partial charge in [0.2, 0.25) is 11.7 Å². The fourth-order valence-electron chi connectivity index (χ4n) is 1.18. The van der Waals surface area contributed by atoms with Crippen LogP contribution in [-0.4, -0.2) is 23.8 Å². The van der Waals surface area contributed by atoms with Crippen LogP contribution in [-0.2, 0) is 10.2 Å². The Morgan fingerprint density at radius 1 is 1.53 bits per heavy atom. The van der Waals surface area contributed by atoms with Crippen molar-refractivity contribution >= 4 is 0 Å². The maximum atomic E-state index is 5.63. The van der Waals surface area contributed by atoms with E-state index in [2.05, 4.69) is 10.1 Å². The number of aromatic nitrogens is 2. The van der Waals surface area contributed by atoms with Crippen molar-refractivity contribution in [2.75, 3.05) is 13.7 Å². The first kappa shape index (κ1) is 12.1. The lowest BCUT2D eigenvalue weighted by Crippen LogP contribution is -2.28. The van der Waals surface area contributed by atoms with Crippen molar-refractivity contribution in [1.82, 2.24) is 10.1 Å². The standard InChI is InChI=1S/C10H19N3O2/c1-5-7(14-4)8-12-9(15-13-8)10(2,3)6-11/h7H,5-6,11H2,1-4H3. The molecule has 1 aromatic rings. The van der Waals surface area contributed by atoms with Crippen LogP contribution in [0.4, 0.5) is 0 Å². The molecule has 0 spiro atoms. The summed E-state index contributed by atoms with van der Waals surface area (Å²) in [5, 5.41) is 3.91. The summed E-state index contributed by atoms with van der Waals surface area (Å²) in [7, 11) is 1.64. The van der Waals surface area contributed by atoms with Crippen LogP contribution in [0.1, 0.15) is 45.0 Å². The highest BCUT2D eigenvalue weighted by atomic mass is 16.5. The van der Waals surface area contributed by atoms with Gasteiger partial charge in [0, 0.05) is 13.7 Å². The molecule has 1 heterocycles. The summed E-state index contributed by atoms with van der Waals surface area (Å²) >= 11 is 0. The minimum atomic E-state index is -0.280. The van der Waals surface area contributed by atoms with Crippen LogP contribution < -0.4 is 5.73 Å². The molecule has 1 aromatic heterocycles. The van der Waals surface area contributed by atoms with E-state index in [1.165, 1.54) is 0 Å². The van der Waals surface area contributed by atoms with Gasteiger partial charge >= 0.3 is 0 Å². The lowest BCUT2D eigenvalue weighted by Gasteiger charge is -2.15. The van der Waals surface area contributed by atoms with Crippen LogP contribution in [0.3, 0.4) is 0 Å². The summed E-state index contributed by atoms with van der Waals surface area (Å²) in [6.45, 7) is 6.42. The zero-order valence-electron chi connectivity index (χ0n) is 9.78. The van der Waals surface area contributed by atoms with Gasteiger partial charge in [-0.1, -0.05) is 12.1 Å². The Labute approximate surface area is 90.0 Å². The zero-order chi connectivity index (χ0) is 11.5. The van der Waals surface area contributed by atoms with Gasteiger partial charge in [0.15, 0.2) is 0 Å². The molecule has 0 amide bonds. The first-order valence-electron chi connectivity index (χ1n) is 5.12. The van der Waals surface area contributed by atoms with Crippen LogP contribution in [0.25, 0.3) is 0 Å². The third kappa shape index (κ3) is 2.54. The summed E-state index contributed by atoms with van der Waals surface area (Å²) in [5.41, 5.74) is 5.35. The first-order valence-corrected chi connectivity index (χ1v) is 5.12. The summed E-state index contributed by atoms with van der Waals surface area (Å²) in [5.74, 6) is 1.16. The smallest absolute Gasteiger partial charge is 0.233 e. The lowest BCUT2D eigenvalue weighted by molar-refractivity contribution is 0.0903. The van der Waals surface area contributed by atoms with E-state index in [4.69, 9.17) is 15.0 Å². The number of methoxy groups -OCH3 is 1. The van der Waals surface area contributed by atoms with E-state index in [0.29, 0.717) is 18.3 Å². The Balaban J connectivity index is 2.89. The van der Waals surface area contributed by atoms with E-state index in [0.717, 1.165) is 6.42 Å². The molecule has 0 aliphatic carbocycles. The first-order chi connectivity index (χ1) is 7.05. The van der Waals surface area contributed by atoms with Gasteiger partial charge in [0.05, 0.1) is 5.41 Å². The topological polar surface area (TPSA) is 74.2 Å². The maximum absolute atomic E-state index is 5.63. The minimum absolute atomic E-state index is 0.101. The Morgan fingerprint density at radius 3 is 2.67 bits per heavy atom. The third-order valence-electron chi connectivity index (χ3n) is 2.47. The number of nitrogens with two attached hydrogens (primary N) is 1. The number of hydrogen-bond acceptors (Lipinski definition) is 5. The van der Waals surface area contributed by atoms with Gasteiger partial charge in [-0.15, -0.1) is 0 Å². The van der Waals surface area contributed by atoms with Gasteiger partial charge in [-0.3, -0.25) is 0 Å². The quantitative estimate of drug-likeness (QED) is 0.800. The predicted octanol–water partition coefficient (Wildman–Crippen LogP) is 1.40. The van der Waals surface area contributed by atoms with Crippen LogP contribution in [0, 0.1) is 0 Å². The van der Waals surface area contributed by atoms with Crippen molar-refractivity contribution in [3.05, 3.63) is 11.7 Å². The van der Waals surface area contributed by atoms with Crippen LogP contribution in [0.2, 0.25) is 0 Å². The summed E-state index contributed by atoms with van der Waals surface area (Å²) < 4.78 is 10.4. The molecule has 1 unspecified atom stereocenters. The van der Waals surface area contributed by atoms with Crippen LogP contribution in [0.15, 0.2) is 4.52 Å². The Hall–Kier alpha value is -0.940. The van der Waals surface area contributed by atoms with Crippen molar-refractivity contribution in [1.29, 1.82) is 0 Å². The predicted molar refractivity (Wildman–Crippen MR) is 56.4 cm³/mol. The summed E-state index contributed by atoms with van der Waals surface area (Å²) in [6.07, 6.45) is 0.717. The number of nitrogens with zero attached hydrogens (tertiary/aromatic N) is 2. The number of rotatable bonds is 5. The Kier molecular flexibility index (Phi) is 3.82. The van der Waals surface area contributed by atoms with E-state index in [1.54, 1.807) is 7.11 Å². The van der Waals surface area contributed by atoms with Crippen LogP contribution >= 0.6 is 0 Å². The molecular weight excluding hydrogens is 194 g/mol. The highest BCUT2D eigenvalue weighted by Crippen LogP contribution is 2.23. The van der Waals surface area contributed by atoms with E-state index >= 15 is 0 Å². The van der Waals surface area contributed by atoms with Crippen molar-refractivity contribution < 1.29 is 9.26 Å². The molecule has 5 nitrogen and oxygen atoms in total. The molecule has 5 heteroatoms. The number of hydrogen-bond donors (Lipinski definition) is 1. The van der Waals surface area contributed by atoms with E-state index in [9.17, 15) is 0 Å². The second-order valence-electron chi connectivity index (χ2n) is 4.18. The fourth-order valence-corrected chi connectivity index (χ4v) is 1.18. The molecule has 0 saturated carbocycles. The highest BCUT2D eigenvalue weighted by molar-refractivity contribution is 5.02. The molecule has 0 saturated heterocycles. The average Bonchev–Trinajstić information content (AvgIpc) is 2.70. The van der Waals surface area contributed by atoms with Crippen molar-refractivity contribution in [3.63, 3.8) is 0 Å². The Bertz CT molecular complexity index is 305. The number of ether oxygens (including phenoxy) is 1. The molecule has 1 rings (SSSR count). The van der Waals surface area contributed by atoms with Gasteiger partial charge in [-0.2, -0.15) is 4.98 Å². The second-order valence-corrected chi connectivity index (χ2v) is 4.18. The molecule has 15 heavy (non-hydrogen) atoms. The average molecular weight is 213 g/mol. The zero-order valence-corrected chi connectivity index (χ0v) is 9.78. The van der Waals surface area contributed by atoms with E-state index in [-0.39, 0.29) is 11.5 Å². The van der Waals surface area contributed by atoms with E-state index in [1.807, 2.05) is 20.8 Å². The van der Waals surface area contributed by atoms with Crippen molar-refractivity contribution in [2.45, 2.75) is 38.7 Å². The highest BCUT2D eigenvalue weighted by Gasteiger charge is 2.27. The molecule has 0 radical (unpaired) electrons. The fraction of sp³-hybridized carbons (Fsp3) is 0.800. The molecule has 86 valence electrons. The van der Waals surface area contributed by atoms with E-state index < -0.39 is 0 Å². The largest absolute Gasteiger partial charge is 0.373 e. The molecule has 0 aliphatic heterocycles. The SMILES string of the molecule is CCC(OC)c1noc(C(C)(C)CN)n1. The third-order valence-corrected chi connectivity index (χ3v) is 2.47. The molecule has 0 fully saturated rings. The van der Waals surface area contributed by atoms with Crippen molar-refractivity contribution in [3.8, 4) is 0 Å². The summed E-state index contributed by atoms with van der Waals surface area (Å²) in [4.78, 5) is 4.31. The molecule has 0 aliphatic rings. The van der Waals surface area contributed by atoms with Gasteiger partial charge < -0.3 is 15.0 Å². The lowest BCUT2D eigenvalue weighted by atomic mass is 9.94. The summed E-state index contributed by atoms with van der Waals surface area (Å²) in [6, 6.07) is 0. The molecule has 1 atom stereocenters. The molecule has 0 bridgehead atoms. The molecular formula is C10H19N3O2.